The topological polar surface area (TPSA) is 92.8 Å². The molecule has 1 heterocycles. The third kappa shape index (κ3) is 3.98. The number of ether oxygens (including phenoxy) is 1. The summed E-state index contributed by atoms with van der Waals surface area (Å²) in [5.74, 6) is -1.84. The number of allylic oxidation sites excluding steroid dienone is 2. The third-order valence-corrected chi connectivity index (χ3v) is 8.57. The Labute approximate surface area is 215 Å². The van der Waals surface area contributed by atoms with Crippen molar-refractivity contribution in [1.29, 1.82) is 0 Å². The Morgan fingerprint density at radius 3 is 2.49 bits per heavy atom. The molecule has 1 saturated carbocycles. The smallest absolute Gasteiger partial charge is 0.338 e. The van der Waals surface area contributed by atoms with E-state index in [-0.39, 0.29) is 41.0 Å². The van der Waals surface area contributed by atoms with Crippen LogP contribution in [-0.2, 0) is 19.1 Å². The zero-order valence-electron chi connectivity index (χ0n) is 19.0. The predicted octanol–water partition coefficient (Wildman–Crippen LogP) is 4.91. The van der Waals surface area contributed by atoms with E-state index in [4.69, 9.17) is 16.3 Å². The fourth-order valence-corrected chi connectivity index (χ4v) is 6.06. The Balaban J connectivity index is 1.21. The number of rotatable bonds is 5. The van der Waals surface area contributed by atoms with Crippen LogP contribution < -0.4 is 10.2 Å². The molecular formula is C26H22BrClN2O5. The van der Waals surface area contributed by atoms with Gasteiger partial charge in [0.15, 0.2) is 6.61 Å². The van der Waals surface area contributed by atoms with E-state index in [1.165, 1.54) is 22.6 Å². The molecule has 3 aliphatic rings. The molecule has 180 valence electrons. The van der Waals surface area contributed by atoms with Gasteiger partial charge in [-0.1, -0.05) is 23.3 Å². The highest BCUT2D eigenvalue weighted by Gasteiger charge is 2.60. The van der Waals surface area contributed by atoms with Crippen LogP contribution in [0.15, 0.2) is 52.5 Å². The average Bonchev–Trinajstić information content (AvgIpc) is 3.48. The number of imide groups is 1. The van der Waals surface area contributed by atoms with Gasteiger partial charge in [0, 0.05) is 10.2 Å². The molecule has 1 N–H and O–H groups in total. The monoisotopic (exact) mass is 556 g/mol. The first-order valence-electron chi connectivity index (χ1n) is 11.2. The summed E-state index contributed by atoms with van der Waals surface area (Å²) in [6.07, 6.45) is 3.00. The second kappa shape index (κ2) is 8.91. The van der Waals surface area contributed by atoms with Crippen LogP contribution in [0.2, 0.25) is 5.02 Å². The van der Waals surface area contributed by atoms with Crippen molar-refractivity contribution in [2.45, 2.75) is 20.3 Å². The van der Waals surface area contributed by atoms with Gasteiger partial charge in [-0.2, -0.15) is 0 Å². The van der Waals surface area contributed by atoms with E-state index in [0.717, 1.165) is 6.42 Å². The lowest BCUT2D eigenvalue weighted by atomic mass is 9.82. The molecule has 2 bridgehead atoms. The lowest BCUT2D eigenvalue weighted by molar-refractivity contribution is -0.123. The molecule has 1 saturated heterocycles. The Bertz CT molecular complexity index is 1310. The Morgan fingerprint density at radius 1 is 1.09 bits per heavy atom. The number of nitrogens with one attached hydrogen (secondary N) is 1. The number of anilines is 2. The van der Waals surface area contributed by atoms with Crippen molar-refractivity contribution >= 4 is 62.6 Å². The number of carbonyl (C=O) groups excluding carboxylic acids is 4. The van der Waals surface area contributed by atoms with Crippen LogP contribution in [0.1, 0.15) is 29.3 Å². The van der Waals surface area contributed by atoms with Crippen LogP contribution in [0.4, 0.5) is 11.4 Å². The van der Waals surface area contributed by atoms with E-state index in [1.807, 2.05) is 6.92 Å². The number of esters is 1. The maximum atomic E-state index is 13.1. The van der Waals surface area contributed by atoms with Gasteiger partial charge in [-0.3, -0.25) is 19.3 Å². The van der Waals surface area contributed by atoms with Gasteiger partial charge in [0.05, 0.1) is 28.1 Å². The van der Waals surface area contributed by atoms with Gasteiger partial charge in [-0.15, -0.1) is 0 Å². The first-order valence-corrected chi connectivity index (χ1v) is 12.4. The number of nitrogens with zero attached hydrogens (tertiary/aromatic N) is 1. The predicted molar refractivity (Wildman–Crippen MR) is 134 cm³/mol. The molecule has 7 nitrogen and oxygen atoms in total. The molecule has 2 fully saturated rings. The van der Waals surface area contributed by atoms with Gasteiger partial charge >= 0.3 is 5.97 Å². The molecule has 2 aliphatic carbocycles. The maximum Gasteiger partial charge on any atom is 0.338 e. The van der Waals surface area contributed by atoms with Gasteiger partial charge in [-0.05, 0) is 90.0 Å². The van der Waals surface area contributed by atoms with Crippen LogP contribution in [0.3, 0.4) is 0 Å². The molecule has 35 heavy (non-hydrogen) atoms. The third-order valence-electron chi connectivity index (χ3n) is 7.19. The van der Waals surface area contributed by atoms with Gasteiger partial charge in [0.1, 0.15) is 0 Å². The van der Waals surface area contributed by atoms with E-state index < -0.39 is 18.5 Å². The first-order chi connectivity index (χ1) is 16.7. The SMILES string of the molecule is CC1=C[C@H]2C[C@H]1[C@@H]1C(=O)N(c3ccc(C(=O)OCC(=O)Nc4ccc(Br)c(Cl)c4C)cc3)C(=O)[C@@H]12. The number of hydrogen-bond acceptors (Lipinski definition) is 5. The van der Waals surface area contributed by atoms with Crippen molar-refractivity contribution in [3.63, 3.8) is 0 Å². The van der Waals surface area contributed by atoms with Crippen molar-refractivity contribution in [3.05, 3.63) is 68.7 Å². The highest BCUT2D eigenvalue weighted by Crippen LogP contribution is 2.55. The minimum absolute atomic E-state index is 0.129. The standard InChI is InChI=1S/C26H22BrClN2O5/c1-12-9-15-10-17(12)22-21(15)24(32)30(25(22)33)16-5-3-14(4-6-16)26(34)35-11-20(31)29-19-8-7-18(27)23(28)13(19)2/h3-9,15,17,21-22H,10-11H2,1-2H3,(H,29,31)/t15-,17+,21+,22-/m0/s1. The molecule has 5 rings (SSSR count). The highest BCUT2D eigenvalue weighted by atomic mass is 79.9. The van der Waals surface area contributed by atoms with Crippen molar-refractivity contribution < 1.29 is 23.9 Å². The van der Waals surface area contributed by atoms with Crippen molar-refractivity contribution in [2.75, 3.05) is 16.8 Å². The van der Waals surface area contributed by atoms with Crippen molar-refractivity contribution in [3.8, 4) is 0 Å². The summed E-state index contributed by atoms with van der Waals surface area (Å²) in [7, 11) is 0. The second-order valence-corrected chi connectivity index (χ2v) is 10.4. The number of fused-ring (bicyclic) bond motifs is 5. The molecule has 2 aromatic rings. The van der Waals surface area contributed by atoms with Crippen molar-refractivity contribution in [1.82, 2.24) is 0 Å². The summed E-state index contributed by atoms with van der Waals surface area (Å²) < 4.78 is 5.84. The summed E-state index contributed by atoms with van der Waals surface area (Å²) >= 11 is 9.49. The van der Waals surface area contributed by atoms with Crippen LogP contribution in [0.5, 0.6) is 0 Å². The molecule has 0 unspecified atom stereocenters. The molecule has 9 heteroatoms. The van der Waals surface area contributed by atoms with E-state index >= 15 is 0 Å². The Kier molecular flexibility index (Phi) is 6.05. The molecule has 3 amide bonds. The number of hydrogen-bond donors (Lipinski definition) is 1. The summed E-state index contributed by atoms with van der Waals surface area (Å²) in [4.78, 5) is 52.0. The minimum atomic E-state index is -0.689. The van der Waals surface area contributed by atoms with E-state index in [2.05, 4.69) is 27.3 Å². The van der Waals surface area contributed by atoms with Gasteiger partial charge in [0.2, 0.25) is 11.8 Å². The quantitative estimate of drug-likeness (QED) is 0.320. The Hall–Kier alpha value is -2.97. The second-order valence-electron chi connectivity index (χ2n) is 9.19. The van der Waals surface area contributed by atoms with E-state index in [0.29, 0.717) is 26.4 Å². The molecule has 0 aromatic heterocycles. The molecular weight excluding hydrogens is 536 g/mol. The van der Waals surface area contributed by atoms with Gasteiger partial charge in [0.25, 0.3) is 5.91 Å². The lowest BCUT2D eigenvalue weighted by Gasteiger charge is -2.19. The molecule has 1 aliphatic heterocycles. The zero-order chi connectivity index (χ0) is 25.0. The fraction of sp³-hybridized carbons (Fsp3) is 0.308. The zero-order valence-corrected chi connectivity index (χ0v) is 21.4. The summed E-state index contributed by atoms with van der Waals surface area (Å²) in [6.45, 7) is 3.31. The van der Waals surface area contributed by atoms with E-state index in [1.54, 1.807) is 31.2 Å². The number of benzene rings is 2. The molecule has 4 atom stereocenters. The summed E-state index contributed by atoms with van der Waals surface area (Å²) in [5, 5.41) is 3.15. The fourth-order valence-electron chi connectivity index (χ4n) is 5.46. The Morgan fingerprint density at radius 2 is 1.77 bits per heavy atom. The normalized spacial score (nSPS) is 24.5. The van der Waals surface area contributed by atoms with Crippen LogP contribution >= 0.6 is 27.5 Å². The molecule has 0 spiro atoms. The lowest BCUT2D eigenvalue weighted by Crippen LogP contribution is -2.33. The van der Waals surface area contributed by atoms with Crippen LogP contribution in [-0.4, -0.2) is 30.3 Å². The van der Waals surface area contributed by atoms with E-state index in [9.17, 15) is 19.2 Å². The number of amides is 3. The number of carbonyl (C=O) groups is 4. The van der Waals surface area contributed by atoms with Crippen LogP contribution in [0.25, 0.3) is 0 Å². The summed E-state index contributed by atoms with van der Waals surface area (Å²) in [6, 6.07) is 9.50. The maximum absolute atomic E-state index is 13.1. The molecule has 0 radical (unpaired) electrons. The van der Waals surface area contributed by atoms with Gasteiger partial charge in [-0.25, -0.2) is 4.79 Å². The summed E-state index contributed by atoms with van der Waals surface area (Å²) in [5.41, 5.74) is 3.04. The highest BCUT2D eigenvalue weighted by molar-refractivity contribution is 9.10. The van der Waals surface area contributed by atoms with Gasteiger partial charge < -0.3 is 10.1 Å². The first kappa shape index (κ1) is 23.8. The number of halogens is 2. The van der Waals surface area contributed by atoms with Crippen LogP contribution in [0, 0.1) is 30.6 Å². The average molecular weight is 558 g/mol. The van der Waals surface area contributed by atoms with Crippen molar-refractivity contribution in [2.24, 2.45) is 23.7 Å². The largest absolute Gasteiger partial charge is 0.452 e. The minimum Gasteiger partial charge on any atom is -0.452 e. The molecule has 2 aromatic carbocycles.